The van der Waals surface area contributed by atoms with Gasteiger partial charge in [-0.05, 0) is 32.0 Å². The second-order valence-electron chi connectivity index (χ2n) is 5.05. The Morgan fingerprint density at radius 3 is 3.06 bits per heavy atom. The van der Waals surface area contributed by atoms with Crippen molar-refractivity contribution in [1.29, 1.82) is 5.26 Å². The van der Waals surface area contributed by atoms with Crippen molar-refractivity contribution < 1.29 is 0 Å². The number of nitrogen functional groups attached to an aromatic ring is 1. The van der Waals surface area contributed by atoms with Gasteiger partial charge in [-0.3, -0.25) is 0 Å². The van der Waals surface area contributed by atoms with Crippen LogP contribution in [0.25, 0.3) is 0 Å². The van der Waals surface area contributed by atoms with E-state index in [0.717, 1.165) is 25.5 Å². The molecule has 1 aliphatic rings. The number of rotatable bonds is 3. The van der Waals surface area contributed by atoms with E-state index in [1.807, 2.05) is 7.05 Å². The molecule has 0 aromatic carbocycles. The normalized spacial score (nSPS) is 19.7. The van der Waals surface area contributed by atoms with Crippen molar-refractivity contribution in [3.63, 3.8) is 0 Å². The van der Waals surface area contributed by atoms with E-state index in [9.17, 15) is 0 Å². The lowest BCUT2D eigenvalue weighted by atomic mass is 10.1. The summed E-state index contributed by atoms with van der Waals surface area (Å²) in [5.41, 5.74) is 6.72. The lowest BCUT2D eigenvalue weighted by Gasteiger charge is -2.23. The van der Waals surface area contributed by atoms with Gasteiger partial charge in [0.1, 0.15) is 11.9 Å². The van der Waals surface area contributed by atoms with E-state index in [1.54, 1.807) is 12.3 Å². The van der Waals surface area contributed by atoms with Gasteiger partial charge < -0.3 is 15.5 Å². The predicted octanol–water partition coefficient (Wildman–Crippen LogP) is 0.923. The summed E-state index contributed by atoms with van der Waals surface area (Å²) in [6.07, 6.45) is 2.81. The van der Waals surface area contributed by atoms with E-state index in [4.69, 9.17) is 11.0 Å². The first kappa shape index (κ1) is 12.7. The molecule has 18 heavy (non-hydrogen) atoms. The number of likely N-dealkylation sites (tertiary alicyclic amines) is 1. The largest absolute Gasteiger partial charge is 0.397 e. The summed E-state index contributed by atoms with van der Waals surface area (Å²) in [5, 5.41) is 9.11. The molecule has 1 aliphatic heterocycles. The van der Waals surface area contributed by atoms with Crippen molar-refractivity contribution >= 4 is 11.5 Å². The molecule has 2 N–H and O–H groups in total. The van der Waals surface area contributed by atoms with E-state index in [0.29, 0.717) is 17.2 Å². The van der Waals surface area contributed by atoms with Gasteiger partial charge in [-0.1, -0.05) is 0 Å². The third-order valence-electron chi connectivity index (χ3n) is 3.39. The molecule has 2 heterocycles. The summed E-state index contributed by atoms with van der Waals surface area (Å²) >= 11 is 0. The van der Waals surface area contributed by atoms with Crippen LogP contribution in [0.3, 0.4) is 0 Å². The topological polar surface area (TPSA) is 69.2 Å². The molecular formula is C13H19N5. The van der Waals surface area contributed by atoms with Gasteiger partial charge in [-0.15, -0.1) is 0 Å². The SMILES string of the molecule is CN1CCC(CN(C)c2ncc(N)cc2C#N)C1. The smallest absolute Gasteiger partial charge is 0.146 e. The summed E-state index contributed by atoms with van der Waals surface area (Å²) in [5.74, 6) is 1.37. The first-order chi connectivity index (χ1) is 8.60. The highest BCUT2D eigenvalue weighted by atomic mass is 15.2. The van der Waals surface area contributed by atoms with Crippen LogP contribution in [-0.4, -0.2) is 43.6 Å². The molecule has 1 fully saturated rings. The van der Waals surface area contributed by atoms with Crippen LogP contribution in [0.4, 0.5) is 11.5 Å². The van der Waals surface area contributed by atoms with Crippen LogP contribution in [0.5, 0.6) is 0 Å². The van der Waals surface area contributed by atoms with Crippen molar-refractivity contribution in [3.05, 3.63) is 17.8 Å². The van der Waals surface area contributed by atoms with Crippen LogP contribution in [0, 0.1) is 17.2 Å². The number of aromatic nitrogens is 1. The second kappa shape index (κ2) is 5.23. The quantitative estimate of drug-likeness (QED) is 0.857. The Hall–Kier alpha value is -1.80. The van der Waals surface area contributed by atoms with Gasteiger partial charge in [0.05, 0.1) is 17.4 Å². The summed E-state index contributed by atoms with van der Waals surface area (Å²) in [6, 6.07) is 3.84. The predicted molar refractivity (Wildman–Crippen MR) is 72.2 cm³/mol. The molecule has 5 heteroatoms. The fraction of sp³-hybridized carbons (Fsp3) is 0.538. The molecule has 96 valence electrons. The molecule has 0 amide bonds. The van der Waals surface area contributed by atoms with E-state index < -0.39 is 0 Å². The van der Waals surface area contributed by atoms with E-state index in [1.165, 1.54) is 6.42 Å². The fourth-order valence-electron chi connectivity index (χ4n) is 2.51. The van der Waals surface area contributed by atoms with Gasteiger partial charge in [0.25, 0.3) is 0 Å². The Morgan fingerprint density at radius 1 is 1.67 bits per heavy atom. The number of hydrogen-bond acceptors (Lipinski definition) is 5. The van der Waals surface area contributed by atoms with Crippen LogP contribution in [0.15, 0.2) is 12.3 Å². The van der Waals surface area contributed by atoms with Crippen molar-refractivity contribution in [2.24, 2.45) is 5.92 Å². The molecule has 5 nitrogen and oxygen atoms in total. The molecule has 1 atom stereocenters. The molecule has 1 saturated heterocycles. The molecule has 1 unspecified atom stereocenters. The number of nitrogens with two attached hydrogens (primary N) is 1. The average Bonchev–Trinajstić information content (AvgIpc) is 2.74. The van der Waals surface area contributed by atoms with Gasteiger partial charge in [0.2, 0.25) is 0 Å². The van der Waals surface area contributed by atoms with Crippen LogP contribution < -0.4 is 10.6 Å². The third kappa shape index (κ3) is 2.71. The molecule has 2 rings (SSSR count). The van der Waals surface area contributed by atoms with Crippen LogP contribution >= 0.6 is 0 Å². The minimum Gasteiger partial charge on any atom is -0.397 e. The summed E-state index contributed by atoms with van der Waals surface area (Å²) < 4.78 is 0. The second-order valence-corrected chi connectivity index (χ2v) is 5.05. The first-order valence-electron chi connectivity index (χ1n) is 6.15. The van der Waals surface area contributed by atoms with Crippen molar-refractivity contribution in [2.75, 3.05) is 44.4 Å². The monoisotopic (exact) mass is 245 g/mol. The molecule has 0 bridgehead atoms. The van der Waals surface area contributed by atoms with Crippen LogP contribution in [0.2, 0.25) is 0 Å². The van der Waals surface area contributed by atoms with Gasteiger partial charge in [0, 0.05) is 20.1 Å². The Morgan fingerprint density at radius 2 is 2.44 bits per heavy atom. The lowest BCUT2D eigenvalue weighted by Crippen LogP contribution is -2.28. The van der Waals surface area contributed by atoms with Crippen LogP contribution in [0.1, 0.15) is 12.0 Å². The molecule has 1 aromatic rings. The zero-order valence-corrected chi connectivity index (χ0v) is 10.9. The Bertz CT molecular complexity index is 465. The summed E-state index contributed by atoms with van der Waals surface area (Å²) in [4.78, 5) is 8.67. The highest BCUT2D eigenvalue weighted by Gasteiger charge is 2.22. The Balaban J connectivity index is 2.09. The van der Waals surface area contributed by atoms with E-state index >= 15 is 0 Å². The number of nitriles is 1. The summed E-state index contributed by atoms with van der Waals surface area (Å²) in [7, 11) is 4.12. The maximum atomic E-state index is 9.11. The lowest BCUT2D eigenvalue weighted by molar-refractivity contribution is 0.395. The van der Waals surface area contributed by atoms with E-state index in [-0.39, 0.29) is 0 Å². The highest BCUT2D eigenvalue weighted by molar-refractivity contribution is 5.58. The maximum absolute atomic E-state index is 9.11. The zero-order chi connectivity index (χ0) is 13.1. The van der Waals surface area contributed by atoms with Gasteiger partial charge in [-0.25, -0.2) is 4.98 Å². The first-order valence-corrected chi connectivity index (χ1v) is 6.15. The molecule has 1 aromatic heterocycles. The van der Waals surface area contributed by atoms with Crippen molar-refractivity contribution in [2.45, 2.75) is 6.42 Å². The Labute approximate surface area is 108 Å². The number of nitrogens with zero attached hydrogens (tertiary/aromatic N) is 4. The zero-order valence-electron chi connectivity index (χ0n) is 10.9. The number of pyridine rings is 1. The fourth-order valence-corrected chi connectivity index (χ4v) is 2.51. The maximum Gasteiger partial charge on any atom is 0.146 e. The Kier molecular flexibility index (Phi) is 3.68. The molecule has 0 aliphatic carbocycles. The van der Waals surface area contributed by atoms with E-state index in [2.05, 4.69) is 27.9 Å². The molecular weight excluding hydrogens is 226 g/mol. The molecule has 0 saturated carbocycles. The average molecular weight is 245 g/mol. The van der Waals surface area contributed by atoms with Gasteiger partial charge >= 0.3 is 0 Å². The molecule has 0 spiro atoms. The van der Waals surface area contributed by atoms with Crippen LogP contribution in [-0.2, 0) is 0 Å². The van der Waals surface area contributed by atoms with Crippen molar-refractivity contribution in [1.82, 2.24) is 9.88 Å². The van der Waals surface area contributed by atoms with Crippen molar-refractivity contribution in [3.8, 4) is 6.07 Å². The highest BCUT2D eigenvalue weighted by Crippen LogP contribution is 2.21. The standard InChI is InChI=1S/C13H19N5/c1-17-4-3-10(8-17)9-18(2)13-11(6-14)5-12(15)7-16-13/h5,7,10H,3-4,8-9,15H2,1-2H3. The third-order valence-corrected chi connectivity index (χ3v) is 3.39. The number of anilines is 2. The summed E-state index contributed by atoms with van der Waals surface area (Å²) in [6.45, 7) is 3.19. The number of hydrogen-bond donors (Lipinski definition) is 1. The van der Waals surface area contributed by atoms with Gasteiger partial charge in [-0.2, -0.15) is 5.26 Å². The minimum absolute atomic E-state index is 0.532. The van der Waals surface area contributed by atoms with Gasteiger partial charge in [0.15, 0.2) is 0 Å². The molecule has 0 radical (unpaired) electrons. The minimum atomic E-state index is 0.532.